The van der Waals surface area contributed by atoms with Gasteiger partial charge in [0.05, 0.1) is 0 Å². The Morgan fingerprint density at radius 3 is 2.44 bits per heavy atom. The molecule has 0 saturated carbocycles. The number of nitrogens with two attached hydrogens (primary N) is 1. The molecule has 3 N–H and O–H groups in total. The monoisotopic (exact) mass is 220 g/mol. The molecular weight excluding hydrogens is 196 g/mol. The molecule has 0 heterocycles. The summed E-state index contributed by atoms with van der Waals surface area (Å²) >= 11 is 0. The van der Waals surface area contributed by atoms with Crippen LogP contribution < -0.4 is 11.1 Å². The van der Waals surface area contributed by atoms with E-state index in [1.165, 1.54) is 11.3 Å². The van der Waals surface area contributed by atoms with Crippen molar-refractivity contribution in [2.24, 2.45) is 11.7 Å². The predicted octanol–water partition coefficient (Wildman–Crippen LogP) is 3.17. The number of aryl methyl sites for hydroxylation is 1. The third-order valence-electron chi connectivity index (χ3n) is 2.89. The second-order valence-electron chi connectivity index (χ2n) is 5.30. The standard InChI is InChI=1S/C14H24N2/c1-11(2)9-14(4,10-15)16-13-8-6-5-7-12(13)3/h5-8,11,16H,9-10,15H2,1-4H3. The lowest BCUT2D eigenvalue weighted by molar-refractivity contribution is 0.407. The lowest BCUT2D eigenvalue weighted by Gasteiger charge is -2.33. The van der Waals surface area contributed by atoms with Crippen LogP contribution >= 0.6 is 0 Å². The van der Waals surface area contributed by atoms with Crippen LogP contribution in [0, 0.1) is 12.8 Å². The minimum Gasteiger partial charge on any atom is -0.378 e. The van der Waals surface area contributed by atoms with Gasteiger partial charge in [-0.2, -0.15) is 0 Å². The molecule has 0 aliphatic heterocycles. The van der Waals surface area contributed by atoms with Crippen LogP contribution in [0.5, 0.6) is 0 Å². The highest BCUT2D eigenvalue weighted by Crippen LogP contribution is 2.23. The van der Waals surface area contributed by atoms with Gasteiger partial charge in [0, 0.05) is 17.8 Å². The topological polar surface area (TPSA) is 38.0 Å². The van der Waals surface area contributed by atoms with Gasteiger partial charge in [0.1, 0.15) is 0 Å². The molecule has 0 aromatic heterocycles. The van der Waals surface area contributed by atoms with Crippen LogP contribution in [0.1, 0.15) is 32.8 Å². The number of nitrogens with one attached hydrogen (secondary N) is 1. The van der Waals surface area contributed by atoms with Crippen molar-refractivity contribution < 1.29 is 0 Å². The summed E-state index contributed by atoms with van der Waals surface area (Å²) in [4.78, 5) is 0. The van der Waals surface area contributed by atoms with Crippen molar-refractivity contribution >= 4 is 5.69 Å². The van der Waals surface area contributed by atoms with E-state index in [1.807, 2.05) is 0 Å². The molecule has 0 amide bonds. The zero-order chi connectivity index (χ0) is 12.2. The minimum absolute atomic E-state index is 0.0136. The summed E-state index contributed by atoms with van der Waals surface area (Å²) in [6, 6.07) is 8.35. The van der Waals surface area contributed by atoms with E-state index in [0.29, 0.717) is 12.5 Å². The first-order valence-corrected chi connectivity index (χ1v) is 6.01. The minimum atomic E-state index is -0.0136. The molecule has 90 valence electrons. The quantitative estimate of drug-likeness (QED) is 0.800. The zero-order valence-corrected chi connectivity index (χ0v) is 10.9. The Balaban J connectivity index is 2.81. The Bertz CT molecular complexity index is 333. The van der Waals surface area contributed by atoms with Gasteiger partial charge in [-0.3, -0.25) is 0 Å². The molecular formula is C14H24N2. The van der Waals surface area contributed by atoms with E-state index >= 15 is 0 Å². The van der Waals surface area contributed by atoms with Gasteiger partial charge in [-0.1, -0.05) is 32.0 Å². The first-order valence-electron chi connectivity index (χ1n) is 6.01. The van der Waals surface area contributed by atoms with E-state index in [1.54, 1.807) is 0 Å². The van der Waals surface area contributed by atoms with Crippen molar-refractivity contribution in [3.8, 4) is 0 Å². The average molecular weight is 220 g/mol. The maximum atomic E-state index is 5.89. The van der Waals surface area contributed by atoms with Crippen molar-refractivity contribution in [2.45, 2.75) is 39.7 Å². The van der Waals surface area contributed by atoms with E-state index in [4.69, 9.17) is 5.73 Å². The van der Waals surface area contributed by atoms with Crippen LogP contribution in [0.25, 0.3) is 0 Å². The molecule has 2 heteroatoms. The Kier molecular flexibility index (Phi) is 4.36. The Morgan fingerprint density at radius 2 is 1.94 bits per heavy atom. The fraction of sp³-hybridized carbons (Fsp3) is 0.571. The fourth-order valence-corrected chi connectivity index (χ4v) is 2.12. The van der Waals surface area contributed by atoms with Gasteiger partial charge in [-0.15, -0.1) is 0 Å². The van der Waals surface area contributed by atoms with E-state index in [2.05, 4.69) is 57.3 Å². The SMILES string of the molecule is Cc1ccccc1NC(C)(CN)CC(C)C. The summed E-state index contributed by atoms with van der Waals surface area (Å²) in [7, 11) is 0. The molecule has 0 bridgehead atoms. The smallest absolute Gasteiger partial charge is 0.0470 e. The van der Waals surface area contributed by atoms with E-state index in [0.717, 1.165) is 6.42 Å². The molecule has 1 rings (SSSR count). The lowest BCUT2D eigenvalue weighted by Crippen LogP contribution is -2.43. The van der Waals surface area contributed by atoms with Crippen LogP contribution in [0.2, 0.25) is 0 Å². The molecule has 0 saturated heterocycles. The normalized spacial score (nSPS) is 14.9. The van der Waals surface area contributed by atoms with Crippen molar-refractivity contribution in [1.29, 1.82) is 0 Å². The van der Waals surface area contributed by atoms with Gasteiger partial charge in [-0.25, -0.2) is 0 Å². The molecule has 2 nitrogen and oxygen atoms in total. The number of hydrogen-bond donors (Lipinski definition) is 2. The summed E-state index contributed by atoms with van der Waals surface area (Å²) < 4.78 is 0. The van der Waals surface area contributed by atoms with E-state index in [9.17, 15) is 0 Å². The molecule has 1 atom stereocenters. The third kappa shape index (κ3) is 3.53. The van der Waals surface area contributed by atoms with Crippen molar-refractivity contribution in [3.63, 3.8) is 0 Å². The van der Waals surface area contributed by atoms with Gasteiger partial charge in [0.25, 0.3) is 0 Å². The number of rotatable bonds is 5. The van der Waals surface area contributed by atoms with Crippen LogP contribution in [0.15, 0.2) is 24.3 Å². The highest BCUT2D eigenvalue weighted by molar-refractivity contribution is 5.52. The van der Waals surface area contributed by atoms with Gasteiger partial charge >= 0.3 is 0 Å². The summed E-state index contributed by atoms with van der Waals surface area (Å²) in [5, 5.41) is 3.58. The second kappa shape index (κ2) is 5.35. The van der Waals surface area contributed by atoms with Gasteiger partial charge in [0.15, 0.2) is 0 Å². The fourth-order valence-electron chi connectivity index (χ4n) is 2.12. The van der Waals surface area contributed by atoms with Gasteiger partial charge < -0.3 is 11.1 Å². The van der Waals surface area contributed by atoms with E-state index in [-0.39, 0.29) is 5.54 Å². The maximum Gasteiger partial charge on any atom is 0.0470 e. The molecule has 1 aromatic rings. The van der Waals surface area contributed by atoms with Crippen LogP contribution in [0.3, 0.4) is 0 Å². The highest BCUT2D eigenvalue weighted by atomic mass is 15.0. The molecule has 1 unspecified atom stereocenters. The number of hydrogen-bond acceptors (Lipinski definition) is 2. The zero-order valence-electron chi connectivity index (χ0n) is 10.9. The number of para-hydroxylation sites is 1. The lowest BCUT2D eigenvalue weighted by atomic mass is 9.90. The van der Waals surface area contributed by atoms with Crippen LogP contribution in [-0.2, 0) is 0 Å². The first-order chi connectivity index (χ1) is 7.47. The Hall–Kier alpha value is -1.02. The summed E-state index contributed by atoms with van der Waals surface area (Å²) in [6.45, 7) is 9.43. The van der Waals surface area contributed by atoms with Gasteiger partial charge in [-0.05, 0) is 37.8 Å². The molecule has 0 aliphatic carbocycles. The summed E-state index contributed by atoms with van der Waals surface area (Å²) in [5.74, 6) is 0.644. The van der Waals surface area contributed by atoms with Crippen molar-refractivity contribution in [1.82, 2.24) is 0 Å². The van der Waals surface area contributed by atoms with Gasteiger partial charge in [0.2, 0.25) is 0 Å². The van der Waals surface area contributed by atoms with Crippen LogP contribution in [-0.4, -0.2) is 12.1 Å². The second-order valence-corrected chi connectivity index (χ2v) is 5.30. The molecule has 0 radical (unpaired) electrons. The maximum absolute atomic E-state index is 5.89. The summed E-state index contributed by atoms with van der Waals surface area (Å²) in [6.07, 6.45) is 1.08. The first kappa shape index (κ1) is 13.0. The third-order valence-corrected chi connectivity index (χ3v) is 2.89. The predicted molar refractivity (Wildman–Crippen MR) is 71.7 cm³/mol. The average Bonchev–Trinajstić information content (AvgIpc) is 2.20. The van der Waals surface area contributed by atoms with Crippen LogP contribution in [0.4, 0.5) is 5.69 Å². The largest absolute Gasteiger partial charge is 0.378 e. The summed E-state index contributed by atoms with van der Waals surface area (Å²) in [5.41, 5.74) is 8.34. The molecule has 0 spiro atoms. The Morgan fingerprint density at radius 1 is 1.31 bits per heavy atom. The molecule has 1 aromatic carbocycles. The molecule has 16 heavy (non-hydrogen) atoms. The number of anilines is 1. The number of benzene rings is 1. The Labute approximate surface area is 99.2 Å². The molecule has 0 fully saturated rings. The highest BCUT2D eigenvalue weighted by Gasteiger charge is 2.23. The van der Waals surface area contributed by atoms with E-state index < -0.39 is 0 Å². The molecule has 0 aliphatic rings. The van der Waals surface area contributed by atoms with Crippen molar-refractivity contribution in [2.75, 3.05) is 11.9 Å². The van der Waals surface area contributed by atoms with Crippen molar-refractivity contribution in [3.05, 3.63) is 29.8 Å².